The number of phosphoric ester groups is 2. The van der Waals surface area contributed by atoms with Crippen molar-refractivity contribution < 1.29 is 107 Å². The second kappa shape index (κ2) is 21.8. The van der Waals surface area contributed by atoms with Gasteiger partial charge in [0.15, 0.2) is 0 Å². The number of unbranched alkanes of at least 4 members (excludes halogenated alkanes) is 4. The third-order valence-corrected chi connectivity index (χ3v) is 18.5. The number of nitrogens with zero attached hydrogens (tertiary/aromatic N) is 1. The molecule has 0 spiro atoms. The number of hydrogen-bond donors (Lipinski definition) is 8. The Morgan fingerprint density at radius 2 is 1.17 bits per heavy atom. The number of phosphoric acid groups is 6. The molecule has 33 heteroatoms. The lowest BCUT2D eigenvalue weighted by molar-refractivity contribution is -0.144. The molecule has 6 unspecified atom stereocenters. The lowest BCUT2D eigenvalue weighted by atomic mass is 9.98. The number of hydrogen-bond acceptors (Lipinski definition) is 19. The summed E-state index contributed by atoms with van der Waals surface area (Å²) in [5, 5.41) is 10.3. The van der Waals surface area contributed by atoms with Crippen LogP contribution in [0.2, 0.25) is 0 Å². The molecule has 0 bridgehead atoms. The number of carbonyl (C=O) groups excluding carboxylic acids is 1. The number of nitrogens with one attached hydrogen (secondary N) is 1. The summed E-state index contributed by atoms with van der Waals surface area (Å²) in [5.41, 5.74) is 2.78. The van der Waals surface area contributed by atoms with Crippen molar-refractivity contribution in [3.8, 4) is 11.1 Å². The van der Waals surface area contributed by atoms with Gasteiger partial charge in [0.1, 0.15) is 18.9 Å². The fraction of sp³-hybridized carbons (Fsp3) is 0.469. The van der Waals surface area contributed by atoms with E-state index in [9.17, 15) is 76.2 Å². The molecule has 2 heterocycles. The van der Waals surface area contributed by atoms with Gasteiger partial charge in [0.25, 0.3) is 5.56 Å². The van der Waals surface area contributed by atoms with Crippen molar-refractivity contribution in [2.75, 3.05) is 19.8 Å². The number of aryl methyl sites for hydroxylation is 1. The fourth-order valence-electron chi connectivity index (χ4n) is 6.53. The van der Waals surface area contributed by atoms with Crippen molar-refractivity contribution in [3.63, 3.8) is 0 Å². The van der Waals surface area contributed by atoms with Crippen LogP contribution in [0.25, 0.3) is 11.1 Å². The monoisotopic (exact) mass is 1040 g/mol. The van der Waals surface area contributed by atoms with Crippen LogP contribution in [0.1, 0.15) is 73.8 Å². The van der Waals surface area contributed by atoms with Crippen LogP contribution in [0.4, 0.5) is 0 Å². The highest BCUT2D eigenvalue weighted by Crippen LogP contribution is 2.75. The number of carbonyl (C=O) groups is 1. The Hall–Kier alpha value is -2.63. The number of esters is 1. The first-order valence-corrected chi connectivity index (χ1v) is 28.0. The lowest BCUT2D eigenvalue weighted by Crippen LogP contribution is -2.33. The molecule has 0 amide bonds. The maximum Gasteiger partial charge on any atom is 0.490 e. The Bertz CT molecular complexity index is 2580. The van der Waals surface area contributed by atoms with Crippen LogP contribution in [0.5, 0.6) is 0 Å². The van der Waals surface area contributed by atoms with Gasteiger partial charge in [0.2, 0.25) is 0 Å². The van der Waals surface area contributed by atoms with Gasteiger partial charge in [-0.15, -0.1) is 0 Å². The minimum absolute atomic E-state index is 0.0778. The smallest absolute Gasteiger partial charge is 0.465 e. The molecule has 0 radical (unpaired) electrons. The minimum Gasteiger partial charge on any atom is -0.465 e. The highest BCUT2D eigenvalue weighted by molar-refractivity contribution is 7.72. The Kier molecular flexibility index (Phi) is 17.9. The summed E-state index contributed by atoms with van der Waals surface area (Å²) in [7, 11) is -36.9. The number of H-pyrrole nitrogens is 1. The van der Waals surface area contributed by atoms with E-state index in [1.807, 2.05) is 53.5 Å². The van der Waals surface area contributed by atoms with Gasteiger partial charge >= 0.3 is 58.6 Å². The van der Waals surface area contributed by atoms with E-state index in [-0.39, 0.29) is 43.3 Å². The summed E-state index contributed by atoms with van der Waals surface area (Å²) in [5.74, 6) is -0.471. The van der Waals surface area contributed by atoms with Crippen molar-refractivity contribution in [1.29, 1.82) is 0 Å². The summed E-state index contributed by atoms with van der Waals surface area (Å²) in [6, 6.07) is 15.8. The van der Waals surface area contributed by atoms with Crippen LogP contribution in [0.15, 0.2) is 64.3 Å². The highest BCUT2D eigenvalue weighted by Gasteiger charge is 2.50. The average Bonchev–Trinajstić information content (AvgIpc) is 3.69. The quantitative estimate of drug-likeness (QED) is 0.0317. The van der Waals surface area contributed by atoms with Crippen molar-refractivity contribution in [2.24, 2.45) is 0 Å². The average molecular weight is 1040 g/mol. The molecule has 1 aromatic heterocycles. The van der Waals surface area contributed by atoms with Gasteiger partial charge in [0, 0.05) is 30.5 Å². The number of ether oxygens (including phenoxy) is 2. The van der Waals surface area contributed by atoms with Crippen molar-refractivity contribution >= 4 is 52.9 Å². The number of aromatic amines is 1. The van der Waals surface area contributed by atoms with Crippen LogP contribution in [0, 0.1) is 6.92 Å². The van der Waals surface area contributed by atoms with Crippen molar-refractivity contribution in [2.45, 2.75) is 76.2 Å². The molecule has 2 aromatic carbocycles. The maximum absolute atomic E-state index is 12.4. The van der Waals surface area contributed by atoms with Gasteiger partial charge in [-0.3, -0.25) is 28.2 Å². The third-order valence-electron chi connectivity index (χ3n) is 9.25. The third kappa shape index (κ3) is 16.0. The predicted molar refractivity (Wildman–Crippen MR) is 219 cm³/mol. The molecular formula is C32H44N2O25P6. The van der Waals surface area contributed by atoms with E-state index < -0.39 is 89.8 Å². The largest absolute Gasteiger partial charge is 0.490 e. The van der Waals surface area contributed by atoms with E-state index in [4.69, 9.17) is 9.47 Å². The van der Waals surface area contributed by atoms with Crippen molar-refractivity contribution in [3.05, 3.63) is 92.3 Å². The normalized spacial score (nSPS) is 22.9. The van der Waals surface area contributed by atoms with Gasteiger partial charge < -0.3 is 43.9 Å². The van der Waals surface area contributed by atoms with Crippen LogP contribution >= 0.6 is 46.9 Å². The number of aliphatic hydroxyl groups is 1. The molecule has 8 N–H and O–H groups in total. The zero-order chi connectivity index (χ0) is 48.0. The second-order valence-corrected chi connectivity index (χ2v) is 23.6. The SMILES string of the molecule is Cc1cn([C@H]2C[C@@H](O)[C@@H](COP(=O)(O)OP(=O)(O)OP(=O)(O)OP(=O)(O)OP(=O)(O)OP(=O)(O)OCCCCCCCC(=O)OCC3c4ccccc4-c4ccccc43)O2)c(=O)[nH]c1=O. The van der Waals surface area contributed by atoms with Gasteiger partial charge in [-0.1, -0.05) is 67.8 Å². The summed E-state index contributed by atoms with van der Waals surface area (Å²) in [6.45, 7) is -0.133. The first-order valence-electron chi connectivity index (χ1n) is 19.0. The molecule has 5 rings (SSSR count). The summed E-state index contributed by atoms with van der Waals surface area (Å²) in [4.78, 5) is 96.8. The van der Waals surface area contributed by atoms with E-state index in [0.717, 1.165) is 33.0 Å². The molecule has 1 aliphatic heterocycles. The Morgan fingerprint density at radius 1 is 0.692 bits per heavy atom. The van der Waals surface area contributed by atoms with Gasteiger partial charge in [0.05, 0.1) is 19.3 Å². The number of benzene rings is 2. The van der Waals surface area contributed by atoms with Crippen LogP contribution in [-0.4, -0.2) is 82.0 Å². The Balaban J connectivity index is 0.974. The molecule has 3 aromatic rings. The standard InChI is InChI=1S/C32H44N2O25P6/c1-21-18-34(32(38)33-31(21)37)29-17-27(35)28(54-29)20-53-61(41,42)56-63(45,46)58-65(49,50)59-64(47,48)57-62(43,44)55-60(39,40)52-16-10-4-2-3-5-15-30(36)51-19-26-24-13-8-6-11-22(24)23-12-7-9-14-25(23)26/h6-9,11-14,18,26-29,35H,2-5,10,15-17,19-20H2,1H3,(H,39,40)(H,41,42)(H,43,44)(H,45,46)(H,47,48)(H,49,50)(H,33,37,38)/t27-,28-,29-/m1/s1. The molecule has 1 aliphatic carbocycles. The minimum atomic E-state index is -6.49. The van der Waals surface area contributed by atoms with E-state index in [2.05, 4.69) is 30.6 Å². The number of fused-ring (bicyclic) bond motifs is 3. The topological polar surface area (TPSA) is 399 Å². The van der Waals surface area contributed by atoms with E-state index in [1.54, 1.807) is 0 Å². The molecule has 65 heavy (non-hydrogen) atoms. The summed E-state index contributed by atoms with van der Waals surface area (Å²) in [6.07, 6.45) is -1.34. The van der Waals surface area contributed by atoms with E-state index in [1.165, 1.54) is 6.92 Å². The zero-order valence-corrected chi connectivity index (χ0v) is 39.1. The molecule has 27 nitrogen and oxygen atoms in total. The Morgan fingerprint density at radius 3 is 1.72 bits per heavy atom. The number of aromatic nitrogens is 2. The molecule has 362 valence electrons. The summed E-state index contributed by atoms with van der Waals surface area (Å²) >= 11 is 0. The van der Waals surface area contributed by atoms with Gasteiger partial charge in [-0.25, -0.2) is 32.2 Å². The molecule has 9 atom stereocenters. The zero-order valence-electron chi connectivity index (χ0n) is 33.7. The number of rotatable bonds is 25. The maximum atomic E-state index is 12.4. The van der Waals surface area contributed by atoms with E-state index >= 15 is 0 Å². The van der Waals surface area contributed by atoms with Gasteiger partial charge in [-0.2, -0.15) is 21.6 Å². The Labute approximate surface area is 367 Å². The molecule has 2 aliphatic rings. The van der Waals surface area contributed by atoms with Crippen LogP contribution in [-0.2, 0) is 72.3 Å². The number of aliphatic hydroxyl groups excluding tert-OH is 1. The second-order valence-electron chi connectivity index (χ2n) is 14.2. The molecule has 0 saturated carbocycles. The van der Waals surface area contributed by atoms with Gasteiger partial charge in [-0.05, 0) is 42.0 Å². The lowest BCUT2D eigenvalue weighted by Gasteiger charge is -2.21. The molecule has 1 saturated heterocycles. The fourth-order valence-corrected chi connectivity index (χ4v) is 14.4. The molecule has 1 fully saturated rings. The van der Waals surface area contributed by atoms with E-state index in [0.29, 0.717) is 25.7 Å². The highest BCUT2D eigenvalue weighted by atomic mass is 31.3. The summed E-state index contributed by atoms with van der Waals surface area (Å²) < 4.78 is 113. The first kappa shape index (κ1) is 53.3. The van der Waals surface area contributed by atoms with Crippen molar-refractivity contribution in [1.82, 2.24) is 9.55 Å². The first-order chi connectivity index (χ1) is 30.2. The molecular weight excluding hydrogens is 998 g/mol. The van der Waals surface area contributed by atoms with Crippen LogP contribution < -0.4 is 11.2 Å². The predicted octanol–water partition coefficient (Wildman–Crippen LogP) is 4.91. The van der Waals surface area contributed by atoms with Crippen LogP contribution in [0.3, 0.4) is 0 Å².